The zero-order chi connectivity index (χ0) is 15.0. The Balaban J connectivity index is 2.15. The molecule has 0 saturated carbocycles. The number of hydrogen-bond donors (Lipinski definition) is 1. The molecule has 1 aromatic rings. The molecule has 2 heterocycles. The topological polar surface area (TPSA) is 15.3 Å². The molecule has 0 spiro atoms. The molecule has 1 saturated heterocycles. The van der Waals surface area contributed by atoms with E-state index in [1.165, 1.54) is 15.1 Å². The van der Waals surface area contributed by atoms with Crippen LogP contribution in [-0.2, 0) is 6.54 Å². The number of nitrogens with zero attached hydrogens (tertiary/aromatic N) is 1. The highest BCUT2D eigenvalue weighted by Crippen LogP contribution is 2.32. The molecule has 0 amide bonds. The number of halogens is 1. The van der Waals surface area contributed by atoms with Gasteiger partial charge < -0.3 is 5.32 Å². The van der Waals surface area contributed by atoms with E-state index in [0.29, 0.717) is 11.5 Å². The maximum atomic E-state index is 3.77. The summed E-state index contributed by atoms with van der Waals surface area (Å²) < 4.78 is 1.23. The third-order valence-corrected chi connectivity index (χ3v) is 6.29. The summed E-state index contributed by atoms with van der Waals surface area (Å²) in [6.07, 6.45) is 1.18. The van der Waals surface area contributed by atoms with Gasteiger partial charge in [-0.05, 0) is 46.8 Å². The van der Waals surface area contributed by atoms with Crippen molar-refractivity contribution in [3.63, 3.8) is 0 Å². The van der Waals surface area contributed by atoms with Crippen molar-refractivity contribution in [1.82, 2.24) is 10.2 Å². The van der Waals surface area contributed by atoms with E-state index in [2.05, 4.69) is 72.9 Å². The van der Waals surface area contributed by atoms with Gasteiger partial charge in [0.05, 0.1) is 3.79 Å². The Bertz CT molecular complexity index is 452. The van der Waals surface area contributed by atoms with Gasteiger partial charge in [-0.1, -0.05) is 27.7 Å². The summed E-state index contributed by atoms with van der Waals surface area (Å²) in [5, 5.41) is 3.77. The van der Waals surface area contributed by atoms with Crippen molar-refractivity contribution < 1.29 is 0 Å². The van der Waals surface area contributed by atoms with Crippen LogP contribution in [0.25, 0.3) is 0 Å². The predicted molar refractivity (Wildman–Crippen MR) is 92.4 cm³/mol. The van der Waals surface area contributed by atoms with Gasteiger partial charge in [-0.25, -0.2) is 0 Å². The minimum Gasteiger partial charge on any atom is -0.310 e. The Morgan fingerprint density at radius 2 is 2.15 bits per heavy atom. The zero-order valence-electron chi connectivity index (χ0n) is 13.3. The lowest BCUT2D eigenvalue weighted by atomic mass is 9.81. The Morgan fingerprint density at radius 1 is 1.45 bits per heavy atom. The lowest BCUT2D eigenvalue weighted by Crippen LogP contribution is -2.65. The molecule has 0 bridgehead atoms. The van der Waals surface area contributed by atoms with Crippen LogP contribution in [0.3, 0.4) is 0 Å². The molecule has 0 aliphatic carbocycles. The number of hydrogen-bond acceptors (Lipinski definition) is 3. The van der Waals surface area contributed by atoms with Crippen molar-refractivity contribution in [2.75, 3.05) is 13.1 Å². The molecule has 1 aliphatic heterocycles. The largest absolute Gasteiger partial charge is 0.310 e. The van der Waals surface area contributed by atoms with Crippen LogP contribution in [0, 0.1) is 5.41 Å². The zero-order valence-corrected chi connectivity index (χ0v) is 15.7. The maximum Gasteiger partial charge on any atom is 0.0701 e. The molecular weight excluding hydrogens is 332 g/mol. The molecule has 2 atom stereocenters. The van der Waals surface area contributed by atoms with Gasteiger partial charge in [0.2, 0.25) is 0 Å². The van der Waals surface area contributed by atoms with E-state index in [9.17, 15) is 0 Å². The van der Waals surface area contributed by atoms with E-state index >= 15 is 0 Å². The molecule has 20 heavy (non-hydrogen) atoms. The second-order valence-electron chi connectivity index (χ2n) is 7.24. The van der Waals surface area contributed by atoms with Crippen LogP contribution >= 0.6 is 27.3 Å². The van der Waals surface area contributed by atoms with Gasteiger partial charge >= 0.3 is 0 Å². The minimum absolute atomic E-state index is 0.262. The molecule has 114 valence electrons. The van der Waals surface area contributed by atoms with Crippen LogP contribution in [0.4, 0.5) is 0 Å². The molecule has 0 aromatic carbocycles. The van der Waals surface area contributed by atoms with E-state index in [1.54, 1.807) is 0 Å². The number of nitrogens with one attached hydrogen (secondary N) is 1. The molecule has 2 rings (SSSR count). The van der Waals surface area contributed by atoms with Gasteiger partial charge in [-0.3, -0.25) is 4.90 Å². The van der Waals surface area contributed by atoms with Crippen molar-refractivity contribution in [2.45, 2.75) is 59.2 Å². The van der Waals surface area contributed by atoms with E-state index in [4.69, 9.17) is 0 Å². The third-order valence-electron chi connectivity index (χ3n) is 4.68. The first kappa shape index (κ1) is 16.5. The number of piperazine rings is 1. The molecule has 1 fully saturated rings. The van der Waals surface area contributed by atoms with Crippen LogP contribution in [0.2, 0.25) is 0 Å². The van der Waals surface area contributed by atoms with Crippen LogP contribution < -0.4 is 5.32 Å². The van der Waals surface area contributed by atoms with E-state index < -0.39 is 0 Å². The monoisotopic (exact) mass is 358 g/mol. The fraction of sp³-hybridized carbons (Fsp3) is 0.750. The summed E-state index contributed by atoms with van der Waals surface area (Å²) in [5.41, 5.74) is 0.571. The van der Waals surface area contributed by atoms with Crippen molar-refractivity contribution in [3.8, 4) is 0 Å². The highest BCUT2D eigenvalue weighted by atomic mass is 79.9. The highest BCUT2D eigenvalue weighted by Gasteiger charge is 2.39. The van der Waals surface area contributed by atoms with Gasteiger partial charge in [-0.2, -0.15) is 0 Å². The molecule has 0 radical (unpaired) electrons. The lowest BCUT2D eigenvalue weighted by Gasteiger charge is -2.50. The third kappa shape index (κ3) is 3.65. The standard InChI is InChI=1S/C16H27BrN2S/c1-6-16(5)11-18-13(15(2,3)4)10-19(16)9-12-7-8-14(17)20-12/h7-8,13,18H,6,9-11H2,1-5H3. The van der Waals surface area contributed by atoms with E-state index in [1.807, 2.05) is 11.3 Å². The van der Waals surface area contributed by atoms with Gasteiger partial charge in [0, 0.05) is 36.1 Å². The second-order valence-corrected chi connectivity index (χ2v) is 9.78. The molecule has 2 unspecified atom stereocenters. The average Bonchev–Trinajstić information content (AvgIpc) is 2.76. The first-order valence-electron chi connectivity index (χ1n) is 7.47. The molecular formula is C16H27BrN2S. The van der Waals surface area contributed by atoms with Crippen LogP contribution in [0.5, 0.6) is 0 Å². The summed E-state index contributed by atoms with van der Waals surface area (Å²) >= 11 is 5.43. The Hall–Kier alpha value is 0.1000. The number of rotatable bonds is 3. The van der Waals surface area contributed by atoms with Crippen molar-refractivity contribution in [3.05, 3.63) is 20.8 Å². The fourth-order valence-corrected chi connectivity index (χ4v) is 4.27. The maximum absolute atomic E-state index is 3.77. The van der Waals surface area contributed by atoms with Crippen LogP contribution in [-0.4, -0.2) is 29.6 Å². The molecule has 1 aliphatic rings. The van der Waals surface area contributed by atoms with Crippen molar-refractivity contribution >= 4 is 27.3 Å². The average molecular weight is 359 g/mol. The lowest BCUT2D eigenvalue weighted by molar-refractivity contribution is 0.0165. The Morgan fingerprint density at radius 3 is 2.65 bits per heavy atom. The minimum atomic E-state index is 0.262. The summed E-state index contributed by atoms with van der Waals surface area (Å²) in [5.74, 6) is 0. The normalized spacial score (nSPS) is 28.8. The summed E-state index contributed by atoms with van der Waals surface area (Å²) in [6, 6.07) is 4.97. The highest BCUT2D eigenvalue weighted by molar-refractivity contribution is 9.11. The molecule has 1 aromatic heterocycles. The smallest absolute Gasteiger partial charge is 0.0701 e. The summed E-state index contributed by atoms with van der Waals surface area (Å²) in [7, 11) is 0. The first-order valence-corrected chi connectivity index (χ1v) is 9.08. The van der Waals surface area contributed by atoms with E-state index in [-0.39, 0.29) is 5.54 Å². The Kier molecular flexibility index (Phi) is 5.00. The predicted octanol–water partition coefficient (Wildman–Crippen LogP) is 4.50. The second kappa shape index (κ2) is 6.07. The van der Waals surface area contributed by atoms with Crippen LogP contribution in [0.1, 0.15) is 45.9 Å². The summed E-state index contributed by atoms with van der Waals surface area (Å²) in [6.45, 7) is 15.0. The van der Waals surface area contributed by atoms with Gasteiger partial charge in [0.25, 0.3) is 0 Å². The number of thiophene rings is 1. The first-order chi connectivity index (χ1) is 9.24. The Labute approximate surface area is 136 Å². The van der Waals surface area contributed by atoms with Crippen LogP contribution in [0.15, 0.2) is 15.9 Å². The molecule has 1 N–H and O–H groups in total. The van der Waals surface area contributed by atoms with E-state index in [0.717, 1.165) is 19.6 Å². The quantitative estimate of drug-likeness (QED) is 0.855. The van der Waals surface area contributed by atoms with Crippen molar-refractivity contribution in [1.29, 1.82) is 0 Å². The molecule has 2 nitrogen and oxygen atoms in total. The van der Waals surface area contributed by atoms with Gasteiger partial charge in [0.15, 0.2) is 0 Å². The van der Waals surface area contributed by atoms with Gasteiger partial charge in [0.1, 0.15) is 0 Å². The summed E-state index contributed by atoms with van der Waals surface area (Å²) in [4.78, 5) is 4.13. The van der Waals surface area contributed by atoms with Gasteiger partial charge in [-0.15, -0.1) is 11.3 Å². The van der Waals surface area contributed by atoms with Crippen molar-refractivity contribution in [2.24, 2.45) is 5.41 Å². The molecule has 4 heteroatoms. The SMILES string of the molecule is CCC1(C)CNC(C(C)(C)C)CN1Cc1ccc(Br)s1. The fourth-order valence-electron chi connectivity index (χ4n) is 2.77.